The van der Waals surface area contributed by atoms with Crippen molar-refractivity contribution in [3.8, 4) is 0 Å². The van der Waals surface area contributed by atoms with Gasteiger partial charge in [0.15, 0.2) is 0 Å². The van der Waals surface area contributed by atoms with Gasteiger partial charge in [-0.2, -0.15) is 0 Å². The quantitative estimate of drug-likeness (QED) is 0.819. The van der Waals surface area contributed by atoms with Crippen LogP contribution in [0.1, 0.15) is 33.2 Å². The lowest BCUT2D eigenvalue weighted by atomic mass is 10.0. The van der Waals surface area contributed by atoms with E-state index in [-0.39, 0.29) is 16.9 Å². The summed E-state index contributed by atoms with van der Waals surface area (Å²) in [5, 5.41) is 2.35. The molecule has 1 unspecified atom stereocenters. The number of rotatable bonds is 5. The number of primary amides is 1. The number of nitrogens with two attached hydrogens (primary N) is 1. The first-order valence-corrected chi connectivity index (χ1v) is 8.16. The van der Waals surface area contributed by atoms with Crippen LogP contribution < -0.4 is 11.1 Å². The van der Waals surface area contributed by atoms with Crippen molar-refractivity contribution in [2.24, 2.45) is 5.73 Å². The lowest BCUT2D eigenvalue weighted by Gasteiger charge is -2.15. The summed E-state index contributed by atoms with van der Waals surface area (Å²) < 4.78 is 36.4. The fraction of sp³-hybridized carbons (Fsp3) is 0.385. The van der Waals surface area contributed by atoms with Crippen molar-refractivity contribution in [3.63, 3.8) is 0 Å². The first-order chi connectivity index (χ1) is 9.53. The van der Waals surface area contributed by atoms with Crippen LogP contribution in [0.2, 0.25) is 0 Å². The largest absolute Gasteiger partial charge is 0.366 e. The number of nitrogens with one attached hydrogen (secondary N) is 1. The second-order valence-electron chi connectivity index (χ2n) is 4.95. The predicted octanol–water partition coefficient (Wildman–Crippen LogP) is 0.396. The van der Waals surface area contributed by atoms with Crippen LogP contribution in [-0.4, -0.2) is 38.3 Å². The van der Waals surface area contributed by atoms with Crippen LogP contribution in [0.15, 0.2) is 12.1 Å². The molecule has 0 radical (unpaired) electrons. The molecule has 1 atom stereocenters. The molecule has 0 aliphatic rings. The van der Waals surface area contributed by atoms with Crippen LogP contribution in [-0.2, 0) is 9.84 Å². The Kier molecular flexibility index (Phi) is 5.06. The van der Waals surface area contributed by atoms with E-state index in [1.54, 1.807) is 0 Å². The molecule has 1 aromatic carbocycles. The van der Waals surface area contributed by atoms with Crippen molar-refractivity contribution in [2.75, 3.05) is 12.0 Å². The van der Waals surface area contributed by atoms with Gasteiger partial charge in [-0.05, 0) is 25.5 Å². The van der Waals surface area contributed by atoms with Crippen molar-refractivity contribution >= 4 is 21.7 Å². The minimum Gasteiger partial charge on any atom is -0.366 e. The van der Waals surface area contributed by atoms with Gasteiger partial charge in [-0.15, -0.1) is 0 Å². The molecule has 0 aromatic heterocycles. The summed E-state index contributed by atoms with van der Waals surface area (Å²) in [6.07, 6.45) is 1.03. The first-order valence-electron chi connectivity index (χ1n) is 6.10. The third kappa shape index (κ3) is 4.52. The Labute approximate surface area is 122 Å². The van der Waals surface area contributed by atoms with E-state index in [9.17, 15) is 22.4 Å². The standard InChI is InChI=1S/C13H17FN2O4S/c1-7-4-5-9(12(15)17)10(11(7)14)13(18)16-8(2)6-21(3,19)20/h4-5,8H,6H2,1-3H3,(H2,15,17)(H,16,18). The van der Waals surface area contributed by atoms with Crippen LogP contribution in [0.3, 0.4) is 0 Å². The molecule has 6 nitrogen and oxygen atoms in total. The van der Waals surface area contributed by atoms with Crippen molar-refractivity contribution in [3.05, 3.63) is 34.6 Å². The summed E-state index contributed by atoms with van der Waals surface area (Å²) in [5.74, 6) is -2.95. The normalized spacial score (nSPS) is 12.8. The van der Waals surface area contributed by atoms with Gasteiger partial charge in [0, 0.05) is 12.3 Å². The van der Waals surface area contributed by atoms with Gasteiger partial charge < -0.3 is 11.1 Å². The molecular weight excluding hydrogens is 299 g/mol. The molecule has 0 saturated carbocycles. The van der Waals surface area contributed by atoms with Crippen molar-refractivity contribution in [2.45, 2.75) is 19.9 Å². The fourth-order valence-corrected chi connectivity index (χ4v) is 2.89. The van der Waals surface area contributed by atoms with E-state index in [2.05, 4.69) is 5.32 Å². The second-order valence-corrected chi connectivity index (χ2v) is 7.14. The van der Waals surface area contributed by atoms with E-state index in [0.717, 1.165) is 6.26 Å². The highest BCUT2D eigenvalue weighted by atomic mass is 32.2. The Morgan fingerprint density at radius 3 is 2.43 bits per heavy atom. The van der Waals surface area contributed by atoms with Crippen LogP contribution >= 0.6 is 0 Å². The molecule has 1 aromatic rings. The number of benzene rings is 1. The molecule has 0 bridgehead atoms. The van der Waals surface area contributed by atoms with Gasteiger partial charge in [0.1, 0.15) is 15.7 Å². The molecule has 0 heterocycles. The number of carbonyl (C=O) groups is 2. The third-order valence-electron chi connectivity index (χ3n) is 2.76. The van der Waals surface area contributed by atoms with Crippen LogP contribution in [0, 0.1) is 12.7 Å². The van der Waals surface area contributed by atoms with E-state index in [1.807, 2.05) is 0 Å². The summed E-state index contributed by atoms with van der Waals surface area (Å²) >= 11 is 0. The van der Waals surface area contributed by atoms with Crippen molar-refractivity contribution < 1.29 is 22.4 Å². The minimum atomic E-state index is -3.30. The number of carbonyl (C=O) groups excluding carboxylic acids is 2. The average Bonchev–Trinajstić information content (AvgIpc) is 2.28. The van der Waals surface area contributed by atoms with Crippen LogP contribution in [0.25, 0.3) is 0 Å². The molecule has 3 N–H and O–H groups in total. The first kappa shape index (κ1) is 17.1. The van der Waals surface area contributed by atoms with Gasteiger partial charge in [0.2, 0.25) is 5.91 Å². The Morgan fingerprint density at radius 2 is 1.95 bits per heavy atom. The monoisotopic (exact) mass is 316 g/mol. The summed E-state index contributed by atoms with van der Waals surface area (Å²) in [6, 6.07) is 1.87. The molecule has 0 aliphatic heterocycles. The average molecular weight is 316 g/mol. The molecule has 8 heteroatoms. The Hall–Kier alpha value is -1.96. The van der Waals surface area contributed by atoms with Gasteiger partial charge in [-0.1, -0.05) is 6.07 Å². The minimum absolute atomic E-state index is 0.181. The molecule has 1 rings (SSSR count). The van der Waals surface area contributed by atoms with Gasteiger partial charge in [0.25, 0.3) is 5.91 Å². The zero-order chi connectivity index (χ0) is 16.4. The van der Waals surface area contributed by atoms with Gasteiger partial charge in [0.05, 0.1) is 16.9 Å². The number of hydrogen-bond acceptors (Lipinski definition) is 4. The smallest absolute Gasteiger partial charge is 0.255 e. The zero-order valence-electron chi connectivity index (χ0n) is 11.9. The Balaban J connectivity index is 3.13. The Morgan fingerprint density at radius 1 is 1.38 bits per heavy atom. The highest BCUT2D eigenvalue weighted by molar-refractivity contribution is 7.90. The summed E-state index contributed by atoms with van der Waals surface area (Å²) in [6.45, 7) is 2.91. The lowest BCUT2D eigenvalue weighted by molar-refractivity contribution is 0.0923. The molecule has 116 valence electrons. The summed E-state index contributed by atoms with van der Waals surface area (Å²) in [7, 11) is -3.30. The van der Waals surface area contributed by atoms with E-state index in [0.29, 0.717) is 0 Å². The molecule has 0 aliphatic carbocycles. The maximum absolute atomic E-state index is 14.1. The van der Waals surface area contributed by atoms with Crippen LogP contribution in [0.5, 0.6) is 0 Å². The molecule has 21 heavy (non-hydrogen) atoms. The van der Waals surface area contributed by atoms with Gasteiger partial charge in [-0.3, -0.25) is 9.59 Å². The van der Waals surface area contributed by atoms with Crippen LogP contribution in [0.4, 0.5) is 4.39 Å². The van der Waals surface area contributed by atoms with Gasteiger partial charge in [-0.25, -0.2) is 12.8 Å². The van der Waals surface area contributed by atoms with E-state index >= 15 is 0 Å². The number of aryl methyl sites for hydroxylation is 1. The van der Waals surface area contributed by atoms with Crippen molar-refractivity contribution in [1.29, 1.82) is 0 Å². The van der Waals surface area contributed by atoms with Gasteiger partial charge >= 0.3 is 0 Å². The molecule has 0 saturated heterocycles. The highest BCUT2D eigenvalue weighted by Gasteiger charge is 2.23. The maximum atomic E-state index is 14.1. The summed E-state index contributed by atoms with van der Waals surface area (Å²) in [5.41, 5.74) is 4.59. The second kappa shape index (κ2) is 6.21. The topological polar surface area (TPSA) is 106 Å². The molecule has 0 spiro atoms. The maximum Gasteiger partial charge on any atom is 0.255 e. The Bertz CT molecular complexity index is 686. The predicted molar refractivity (Wildman–Crippen MR) is 76.3 cm³/mol. The number of amides is 2. The highest BCUT2D eigenvalue weighted by Crippen LogP contribution is 2.17. The zero-order valence-corrected chi connectivity index (χ0v) is 12.8. The molecule has 2 amide bonds. The molecule has 0 fully saturated rings. The third-order valence-corrected chi connectivity index (χ3v) is 3.86. The molecular formula is C13H17FN2O4S. The fourth-order valence-electron chi connectivity index (χ4n) is 1.90. The van der Waals surface area contributed by atoms with E-state index < -0.39 is 39.1 Å². The number of halogens is 1. The van der Waals surface area contributed by atoms with E-state index in [1.165, 1.54) is 26.0 Å². The summed E-state index contributed by atoms with van der Waals surface area (Å²) in [4.78, 5) is 23.4. The van der Waals surface area contributed by atoms with E-state index in [4.69, 9.17) is 5.73 Å². The SMILES string of the molecule is Cc1ccc(C(N)=O)c(C(=O)NC(C)CS(C)(=O)=O)c1F. The number of hydrogen-bond donors (Lipinski definition) is 2. The lowest BCUT2D eigenvalue weighted by Crippen LogP contribution is -2.38. The number of sulfone groups is 1. The van der Waals surface area contributed by atoms with Crippen molar-refractivity contribution in [1.82, 2.24) is 5.32 Å².